The molecule has 0 aromatic heterocycles. The lowest BCUT2D eigenvalue weighted by atomic mass is 9.84. The summed E-state index contributed by atoms with van der Waals surface area (Å²) in [4.78, 5) is 20.6. The van der Waals surface area contributed by atoms with E-state index in [2.05, 4.69) is 23.6 Å². The molecule has 0 atom stereocenters. The van der Waals surface area contributed by atoms with Gasteiger partial charge in [-0.25, -0.2) is 4.79 Å². The van der Waals surface area contributed by atoms with Gasteiger partial charge in [-0.05, 0) is 24.8 Å². The standard InChI is InChI=1S/C10H16O2.C3H5NO/c1-8(10(11)12-2)9-6-4-3-5-7-9;1-2-3(4)5/h9H,1,3-7H2,2H3;2H,1H2,(H2,4,5). The zero-order valence-electron chi connectivity index (χ0n) is 10.4. The van der Waals surface area contributed by atoms with Gasteiger partial charge in [0.05, 0.1) is 7.11 Å². The number of amides is 1. The van der Waals surface area contributed by atoms with Crippen molar-refractivity contribution >= 4 is 11.9 Å². The van der Waals surface area contributed by atoms with Crippen LogP contribution in [0.1, 0.15) is 32.1 Å². The molecule has 1 fully saturated rings. The predicted octanol–water partition coefficient (Wildman–Crippen LogP) is 1.95. The number of hydrogen-bond donors (Lipinski definition) is 1. The summed E-state index contributed by atoms with van der Waals surface area (Å²) in [5.74, 6) is -0.335. The summed E-state index contributed by atoms with van der Waals surface area (Å²) in [7, 11) is 1.41. The van der Waals surface area contributed by atoms with Gasteiger partial charge in [0.2, 0.25) is 5.91 Å². The van der Waals surface area contributed by atoms with Crippen molar-refractivity contribution in [2.45, 2.75) is 32.1 Å². The topological polar surface area (TPSA) is 69.4 Å². The summed E-state index contributed by atoms with van der Waals surface area (Å²) in [5, 5.41) is 0. The Labute approximate surface area is 103 Å². The third kappa shape index (κ3) is 6.56. The Kier molecular flexibility index (Phi) is 7.76. The molecule has 0 spiro atoms. The molecule has 0 saturated heterocycles. The van der Waals surface area contributed by atoms with Crippen molar-refractivity contribution < 1.29 is 14.3 Å². The van der Waals surface area contributed by atoms with Crippen molar-refractivity contribution in [1.29, 1.82) is 0 Å². The van der Waals surface area contributed by atoms with Crippen molar-refractivity contribution in [3.63, 3.8) is 0 Å². The molecule has 1 rings (SSSR count). The fourth-order valence-electron chi connectivity index (χ4n) is 1.75. The summed E-state index contributed by atoms with van der Waals surface area (Å²) in [6, 6.07) is 0. The van der Waals surface area contributed by atoms with Gasteiger partial charge in [0.1, 0.15) is 0 Å². The van der Waals surface area contributed by atoms with E-state index in [9.17, 15) is 9.59 Å². The monoisotopic (exact) mass is 239 g/mol. The van der Waals surface area contributed by atoms with Crippen molar-refractivity contribution in [1.82, 2.24) is 0 Å². The number of carbonyl (C=O) groups excluding carboxylic acids is 2. The molecular formula is C13H21NO3. The molecule has 17 heavy (non-hydrogen) atoms. The van der Waals surface area contributed by atoms with Crippen molar-refractivity contribution in [3.8, 4) is 0 Å². The first kappa shape index (κ1) is 15.4. The maximum Gasteiger partial charge on any atom is 0.333 e. The minimum Gasteiger partial charge on any atom is -0.466 e. The van der Waals surface area contributed by atoms with Gasteiger partial charge >= 0.3 is 5.97 Å². The Balaban J connectivity index is 0.000000437. The van der Waals surface area contributed by atoms with E-state index in [1.54, 1.807) is 0 Å². The van der Waals surface area contributed by atoms with E-state index in [-0.39, 0.29) is 5.97 Å². The molecule has 0 heterocycles. The Morgan fingerprint density at radius 1 is 1.29 bits per heavy atom. The molecule has 0 aromatic rings. The largest absolute Gasteiger partial charge is 0.466 e. The van der Waals surface area contributed by atoms with E-state index in [0.29, 0.717) is 11.5 Å². The third-order valence-corrected chi connectivity index (χ3v) is 2.75. The summed E-state index contributed by atoms with van der Waals surface area (Å²) >= 11 is 0. The van der Waals surface area contributed by atoms with Crippen LogP contribution in [0, 0.1) is 5.92 Å². The number of carbonyl (C=O) groups is 2. The zero-order chi connectivity index (χ0) is 13.3. The molecule has 0 bridgehead atoms. The second-order valence-electron chi connectivity index (χ2n) is 3.96. The highest BCUT2D eigenvalue weighted by Gasteiger charge is 2.21. The SMILES string of the molecule is C=C(C(=O)OC)C1CCCCC1.C=CC(N)=O. The van der Waals surface area contributed by atoms with Gasteiger partial charge in [-0.3, -0.25) is 4.79 Å². The Morgan fingerprint density at radius 3 is 2.12 bits per heavy atom. The summed E-state index contributed by atoms with van der Waals surface area (Å²) in [6.07, 6.45) is 7.01. The smallest absolute Gasteiger partial charge is 0.333 e. The van der Waals surface area contributed by atoms with E-state index in [0.717, 1.165) is 18.9 Å². The van der Waals surface area contributed by atoms with Gasteiger partial charge in [0, 0.05) is 5.57 Å². The molecule has 1 aliphatic rings. The lowest BCUT2D eigenvalue weighted by Crippen LogP contribution is -2.16. The average molecular weight is 239 g/mol. The highest BCUT2D eigenvalue weighted by atomic mass is 16.5. The van der Waals surface area contributed by atoms with Gasteiger partial charge in [-0.2, -0.15) is 0 Å². The van der Waals surface area contributed by atoms with Crippen LogP contribution in [0.4, 0.5) is 0 Å². The van der Waals surface area contributed by atoms with Crippen LogP contribution in [0.3, 0.4) is 0 Å². The predicted molar refractivity (Wildman–Crippen MR) is 67.1 cm³/mol. The van der Waals surface area contributed by atoms with Crippen molar-refractivity contribution in [3.05, 3.63) is 24.8 Å². The number of rotatable bonds is 3. The summed E-state index contributed by atoms with van der Waals surface area (Å²) in [5.41, 5.74) is 5.20. The Morgan fingerprint density at radius 2 is 1.76 bits per heavy atom. The zero-order valence-corrected chi connectivity index (χ0v) is 10.4. The average Bonchev–Trinajstić information content (AvgIpc) is 2.38. The second-order valence-corrected chi connectivity index (χ2v) is 3.96. The molecule has 1 amide bonds. The van der Waals surface area contributed by atoms with Crippen LogP contribution < -0.4 is 5.73 Å². The number of ether oxygens (including phenoxy) is 1. The Bertz CT molecular complexity index is 291. The minimum atomic E-state index is -0.481. The van der Waals surface area contributed by atoms with Crippen LogP contribution >= 0.6 is 0 Å². The molecule has 1 aliphatic carbocycles. The van der Waals surface area contributed by atoms with Crippen molar-refractivity contribution in [2.75, 3.05) is 7.11 Å². The third-order valence-electron chi connectivity index (χ3n) is 2.75. The van der Waals surface area contributed by atoms with Gasteiger partial charge in [-0.1, -0.05) is 32.4 Å². The van der Waals surface area contributed by atoms with E-state index in [1.807, 2.05) is 0 Å². The first-order valence-corrected chi connectivity index (χ1v) is 5.71. The maximum atomic E-state index is 11.1. The molecule has 0 radical (unpaired) electrons. The minimum absolute atomic E-state index is 0.234. The highest BCUT2D eigenvalue weighted by molar-refractivity contribution is 5.88. The highest BCUT2D eigenvalue weighted by Crippen LogP contribution is 2.29. The normalized spacial score (nSPS) is 15.1. The molecule has 1 saturated carbocycles. The number of primary amides is 1. The maximum absolute atomic E-state index is 11.1. The summed E-state index contributed by atoms with van der Waals surface area (Å²) in [6.45, 7) is 6.86. The van der Waals surface area contributed by atoms with Crippen LogP contribution in [0.15, 0.2) is 24.8 Å². The molecule has 0 aromatic carbocycles. The van der Waals surface area contributed by atoms with E-state index < -0.39 is 5.91 Å². The second kappa shape index (κ2) is 8.56. The molecule has 2 N–H and O–H groups in total. The van der Waals surface area contributed by atoms with Gasteiger partial charge in [0.15, 0.2) is 0 Å². The van der Waals surface area contributed by atoms with Crippen LogP contribution in [0.2, 0.25) is 0 Å². The summed E-state index contributed by atoms with van der Waals surface area (Å²) < 4.78 is 4.63. The van der Waals surface area contributed by atoms with Crippen LogP contribution in [-0.4, -0.2) is 19.0 Å². The van der Waals surface area contributed by atoms with Crippen LogP contribution in [-0.2, 0) is 14.3 Å². The van der Waals surface area contributed by atoms with Gasteiger partial charge in [-0.15, -0.1) is 0 Å². The molecule has 0 aliphatic heterocycles. The van der Waals surface area contributed by atoms with Gasteiger partial charge in [0.25, 0.3) is 0 Å². The first-order chi connectivity index (χ1) is 8.02. The van der Waals surface area contributed by atoms with E-state index in [1.165, 1.54) is 26.4 Å². The molecular weight excluding hydrogens is 218 g/mol. The molecule has 96 valence electrons. The number of nitrogens with two attached hydrogens (primary N) is 1. The Hall–Kier alpha value is -1.58. The quantitative estimate of drug-likeness (QED) is 0.604. The first-order valence-electron chi connectivity index (χ1n) is 5.71. The molecule has 0 unspecified atom stereocenters. The van der Waals surface area contributed by atoms with E-state index in [4.69, 9.17) is 0 Å². The number of esters is 1. The van der Waals surface area contributed by atoms with E-state index >= 15 is 0 Å². The van der Waals surface area contributed by atoms with Crippen LogP contribution in [0.5, 0.6) is 0 Å². The molecule has 4 heteroatoms. The fraction of sp³-hybridized carbons (Fsp3) is 0.538. The fourth-order valence-corrected chi connectivity index (χ4v) is 1.75. The van der Waals surface area contributed by atoms with Gasteiger partial charge < -0.3 is 10.5 Å². The lowest BCUT2D eigenvalue weighted by Gasteiger charge is -2.21. The van der Waals surface area contributed by atoms with Crippen molar-refractivity contribution in [2.24, 2.45) is 11.7 Å². The lowest BCUT2D eigenvalue weighted by molar-refractivity contribution is -0.136. The van der Waals surface area contributed by atoms with Crippen LogP contribution in [0.25, 0.3) is 0 Å². The number of methoxy groups -OCH3 is 1. The number of hydrogen-bond acceptors (Lipinski definition) is 3. The molecule has 4 nitrogen and oxygen atoms in total.